The van der Waals surface area contributed by atoms with Gasteiger partial charge in [0.05, 0.1) is 18.3 Å². The molecule has 0 aliphatic rings. The number of aliphatic hydroxyl groups excluding tert-OH is 3. The average molecular weight is 270 g/mol. The summed E-state index contributed by atoms with van der Waals surface area (Å²) in [6, 6.07) is 9.84. The molecule has 0 saturated heterocycles. The van der Waals surface area contributed by atoms with Crippen LogP contribution in [0.2, 0.25) is 0 Å². The highest BCUT2D eigenvalue weighted by Gasteiger charge is 2.31. The Bertz CT molecular complexity index is 351. The van der Waals surface area contributed by atoms with E-state index < -0.39 is 23.1 Å². The first-order chi connectivity index (χ1) is 8.33. The Kier molecular flexibility index (Phi) is 5.66. The highest BCUT2D eigenvalue weighted by molar-refractivity contribution is 8.00. The topological polar surface area (TPSA) is 60.7 Å². The van der Waals surface area contributed by atoms with E-state index in [0.717, 1.165) is 4.90 Å². The second-order valence-electron chi connectivity index (χ2n) is 5.08. The fourth-order valence-electron chi connectivity index (χ4n) is 1.57. The largest absolute Gasteiger partial charge is 0.392 e. The molecular formula is C14H22O3S. The zero-order chi connectivity index (χ0) is 13.8. The van der Waals surface area contributed by atoms with E-state index in [1.54, 1.807) is 11.8 Å². The molecule has 1 aromatic carbocycles. The first kappa shape index (κ1) is 15.5. The number of aliphatic hydroxyl groups is 3. The van der Waals surface area contributed by atoms with Gasteiger partial charge in [-0.15, -0.1) is 11.8 Å². The molecule has 3 nitrogen and oxygen atoms in total. The molecular weight excluding hydrogens is 248 g/mol. The molecule has 1 rings (SSSR count). The summed E-state index contributed by atoms with van der Waals surface area (Å²) in [7, 11) is 0. The molecule has 0 spiro atoms. The van der Waals surface area contributed by atoms with Crippen molar-refractivity contribution in [2.45, 2.75) is 55.1 Å². The summed E-state index contributed by atoms with van der Waals surface area (Å²) in [5, 5.41) is 29.0. The number of benzene rings is 1. The smallest absolute Gasteiger partial charge is 0.0821 e. The molecule has 1 aromatic rings. The molecule has 0 heterocycles. The average Bonchev–Trinajstić information content (AvgIpc) is 2.29. The van der Waals surface area contributed by atoms with E-state index in [0.29, 0.717) is 0 Å². The quantitative estimate of drug-likeness (QED) is 0.692. The van der Waals surface area contributed by atoms with Crippen molar-refractivity contribution in [3.05, 3.63) is 30.3 Å². The third-order valence-corrected chi connectivity index (χ3v) is 4.25. The summed E-state index contributed by atoms with van der Waals surface area (Å²) in [5.41, 5.74) is 0. The molecule has 3 atom stereocenters. The number of rotatable bonds is 6. The van der Waals surface area contributed by atoms with Gasteiger partial charge in [0.15, 0.2) is 0 Å². The minimum absolute atomic E-state index is 0.171. The molecule has 0 bridgehead atoms. The minimum Gasteiger partial charge on any atom is -0.392 e. The van der Waals surface area contributed by atoms with Crippen LogP contribution in [0, 0.1) is 0 Å². The molecule has 0 saturated carbocycles. The van der Waals surface area contributed by atoms with E-state index in [9.17, 15) is 15.3 Å². The van der Waals surface area contributed by atoms with Gasteiger partial charge in [0.2, 0.25) is 0 Å². The lowest BCUT2D eigenvalue weighted by Crippen LogP contribution is -2.38. The highest BCUT2D eigenvalue weighted by atomic mass is 32.2. The molecule has 0 fully saturated rings. The second-order valence-corrected chi connectivity index (χ2v) is 6.81. The molecule has 0 aliphatic carbocycles. The zero-order valence-corrected chi connectivity index (χ0v) is 11.9. The van der Waals surface area contributed by atoms with Crippen LogP contribution in [-0.2, 0) is 0 Å². The van der Waals surface area contributed by atoms with Gasteiger partial charge >= 0.3 is 0 Å². The standard InChI is InChI=1S/C14H22O3S/c1-10(15)12(16)9-13(17)14(2,3)18-11-7-5-4-6-8-11/h4-8,10,12-13,15-17H,9H2,1-3H3/t10-,12-,13+/m0/s1. The zero-order valence-electron chi connectivity index (χ0n) is 11.1. The number of hydrogen-bond donors (Lipinski definition) is 3. The van der Waals surface area contributed by atoms with Crippen molar-refractivity contribution in [1.82, 2.24) is 0 Å². The van der Waals surface area contributed by atoms with Crippen molar-refractivity contribution in [2.24, 2.45) is 0 Å². The SMILES string of the molecule is C[C@H](O)[C@@H](O)C[C@@H](O)C(C)(C)Sc1ccccc1. The summed E-state index contributed by atoms with van der Waals surface area (Å²) in [4.78, 5) is 1.08. The predicted octanol–water partition coefficient (Wildman–Crippen LogP) is 2.05. The van der Waals surface area contributed by atoms with E-state index in [2.05, 4.69) is 0 Å². The maximum absolute atomic E-state index is 10.2. The van der Waals surface area contributed by atoms with Crippen LogP contribution in [-0.4, -0.2) is 38.4 Å². The lowest BCUT2D eigenvalue weighted by atomic mass is 9.98. The van der Waals surface area contributed by atoms with E-state index in [4.69, 9.17) is 0 Å². The van der Waals surface area contributed by atoms with Gasteiger partial charge in [0.25, 0.3) is 0 Å². The van der Waals surface area contributed by atoms with Crippen molar-refractivity contribution in [2.75, 3.05) is 0 Å². The van der Waals surface area contributed by atoms with Crippen LogP contribution in [0.4, 0.5) is 0 Å². The Labute approximate surface area is 113 Å². The van der Waals surface area contributed by atoms with Gasteiger partial charge in [0, 0.05) is 16.1 Å². The third kappa shape index (κ3) is 4.61. The molecule has 0 aromatic heterocycles. The van der Waals surface area contributed by atoms with Crippen molar-refractivity contribution in [3.8, 4) is 0 Å². The van der Waals surface area contributed by atoms with Gasteiger partial charge < -0.3 is 15.3 Å². The number of thioether (sulfide) groups is 1. The summed E-state index contributed by atoms with van der Waals surface area (Å²) in [6.07, 6.45) is -2.23. The maximum atomic E-state index is 10.2. The third-order valence-electron chi connectivity index (χ3n) is 2.95. The van der Waals surface area contributed by atoms with Gasteiger partial charge in [-0.3, -0.25) is 0 Å². The normalized spacial score (nSPS) is 17.2. The molecule has 0 unspecified atom stereocenters. The molecule has 102 valence electrons. The first-order valence-electron chi connectivity index (χ1n) is 6.11. The van der Waals surface area contributed by atoms with Crippen LogP contribution in [0.1, 0.15) is 27.2 Å². The van der Waals surface area contributed by atoms with Crippen LogP contribution < -0.4 is 0 Å². The fraction of sp³-hybridized carbons (Fsp3) is 0.571. The van der Waals surface area contributed by atoms with Gasteiger partial charge in [-0.05, 0) is 32.9 Å². The molecule has 0 aliphatic heterocycles. The molecule has 0 radical (unpaired) electrons. The first-order valence-corrected chi connectivity index (χ1v) is 6.93. The summed E-state index contributed by atoms with van der Waals surface area (Å²) >= 11 is 1.56. The highest BCUT2D eigenvalue weighted by Crippen LogP contribution is 2.36. The Morgan fingerprint density at radius 3 is 2.17 bits per heavy atom. The maximum Gasteiger partial charge on any atom is 0.0821 e. The van der Waals surface area contributed by atoms with Crippen LogP contribution in [0.3, 0.4) is 0 Å². The van der Waals surface area contributed by atoms with E-state index in [1.807, 2.05) is 44.2 Å². The van der Waals surface area contributed by atoms with E-state index in [1.165, 1.54) is 6.92 Å². The summed E-state index contributed by atoms with van der Waals surface area (Å²) in [5.74, 6) is 0. The van der Waals surface area contributed by atoms with Crippen molar-refractivity contribution in [1.29, 1.82) is 0 Å². The minimum atomic E-state index is -0.893. The van der Waals surface area contributed by atoms with Crippen molar-refractivity contribution >= 4 is 11.8 Å². The van der Waals surface area contributed by atoms with E-state index in [-0.39, 0.29) is 6.42 Å². The van der Waals surface area contributed by atoms with Crippen LogP contribution in [0.15, 0.2) is 35.2 Å². The Morgan fingerprint density at radius 1 is 1.11 bits per heavy atom. The number of hydrogen-bond acceptors (Lipinski definition) is 4. The van der Waals surface area contributed by atoms with E-state index >= 15 is 0 Å². The molecule has 4 heteroatoms. The predicted molar refractivity (Wildman–Crippen MR) is 74.7 cm³/mol. The van der Waals surface area contributed by atoms with Crippen LogP contribution in [0.5, 0.6) is 0 Å². The molecule has 18 heavy (non-hydrogen) atoms. The van der Waals surface area contributed by atoms with Gasteiger partial charge in [0.1, 0.15) is 0 Å². The van der Waals surface area contributed by atoms with Crippen molar-refractivity contribution in [3.63, 3.8) is 0 Å². The molecule has 3 N–H and O–H groups in total. The molecule has 0 amide bonds. The Balaban J connectivity index is 2.62. The van der Waals surface area contributed by atoms with Crippen molar-refractivity contribution < 1.29 is 15.3 Å². The lowest BCUT2D eigenvalue weighted by molar-refractivity contribution is -0.00907. The second kappa shape index (κ2) is 6.57. The van der Waals surface area contributed by atoms with Crippen LogP contribution >= 0.6 is 11.8 Å². The lowest BCUT2D eigenvalue weighted by Gasteiger charge is -2.31. The Hall–Kier alpha value is -0.550. The van der Waals surface area contributed by atoms with Gasteiger partial charge in [-0.25, -0.2) is 0 Å². The monoisotopic (exact) mass is 270 g/mol. The van der Waals surface area contributed by atoms with Gasteiger partial charge in [-0.1, -0.05) is 18.2 Å². The Morgan fingerprint density at radius 2 is 1.67 bits per heavy atom. The summed E-state index contributed by atoms with van der Waals surface area (Å²) < 4.78 is -0.419. The van der Waals surface area contributed by atoms with Crippen LogP contribution in [0.25, 0.3) is 0 Å². The fourth-order valence-corrected chi connectivity index (χ4v) is 2.70. The van der Waals surface area contributed by atoms with Gasteiger partial charge in [-0.2, -0.15) is 0 Å². The summed E-state index contributed by atoms with van der Waals surface area (Å²) in [6.45, 7) is 5.39.